The van der Waals surface area contributed by atoms with Gasteiger partial charge in [0.25, 0.3) is 0 Å². The minimum absolute atomic E-state index is 0.354. The van der Waals surface area contributed by atoms with Gasteiger partial charge in [0.15, 0.2) is 0 Å². The fourth-order valence-corrected chi connectivity index (χ4v) is 2.44. The van der Waals surface area contributed by atoms with Gasteiger partial charge in [0.1, 0.15) is 11.3 Å². The lowest BCUT2D eigenvalue weighted by Gasteiger charge is -2.09. The summed E-state index contributed by atoms with van der Waals surface area (Å²) in [7, 11) is 2.94. The van der Waals surface area contributed by atoms with Crippen LogP contribution >= 0.6 is 0 Å². The number of ether oxygens (including phenoxy) is 2. The minimum Gasteiger partial charge on any atom is -0.496 e. The Morgan fingerprint density at radius 1 is 1.09 bits per heavy atom. The van der Waals surface area contributed by atoms with E-state index in [2.05, 4.69) is 5.92 Å². The van der Waals surface area contributed by atoms with E-state index in [0.29, 0.717) is 11.3 Å². The number of hydrogen-bond donors (Lipinski definition) is 0. The molecule has 0 heterocycles. The summed E-state index contributed by atoms with van der Waals surface area (Å²) in [6.45, 7) is 0. The van der Waals surface area contributed by atoms with Crippen LogP contribution in [0.2, 0.25) is 0 Å². The van der Waals surface area contributed by atoms with Crippen molar-refractivity contribution in [2.75, 3.05) is 14.2 Å². The lowest BCUT2D eigenvalue weighted by Crippen LogP contribution is -2.05. The Bertz CT molecular complexity index is 500. The molecule has 1 rings (SSSR count). The molecule has 3 heteroatoms. The summed E-state index contributed by atoms with van der Waals surface area (Å²) >= 11 is 0. The van der Waals surface area contributed by atoms with E-state index >= 15 is 0 Å². The fraction of sp³-hybridized carbons (Fsp3) is 0.526. The quantitative estimate of drug-likeness (QED) is 0.365. The molecular formula is C19H26O3. The molecule has 0 atom stereocenters. The van der Waals surface area contributed by atoms with Gasteiger partial charge in [-0.2, -0.15) is 0 Å². The van der Waals surface area contributed by atoms with Gasteiger partial charge in [-0.3, -0.25) is 0 Å². The van der Waals surface area contributed by atoms with Gasteiger partial charge in [-0.15, -0.1) is 12.3 Å². The molecule has 1 aromatic rings. The van der Waals surface area contributed by atoms with Crippen molar-refractivity contribution in [3.63, 3.8) is 0 Å². The zero-order valence-corrected chi connectivity index (χ0v) is 13.7. The molecule has 3 nitrogen and oxygen atoms in total. The second-order valence-corrected chi connectivity index (χ2v) is 5.35. The normalized spacial score (nSPS) is 10.0. The van der Waals surface area contributed by atoms with Gasteiger partial charge in [0.05, 0.1) is 14.2 Å². The first-order valence-corrected chi connectivity index (χ1v) is 7.91. The number of benzene rings is 1. The third kappa shape index (κ3) is 6.22. The zero-order chi connectivity index (χ0) is 16.2. The van der Waals surface area contributed by atoms with Crippen LogP contribution in [0.1, 0.15) is 60.9 Å². The molecule has 1 aromatic carbocycles. The van der Waals surface area contributed by atoms with Crippen LogP contribution in [-0.4, -0.2) is 20.2 Å². The highest BCUT2D eigenvalue weighted by molar-refractivity contribution is 5.92. The highest BCUT2D eigenvalue weighted by Crippen LogP contribution is 2.22. The summed E-state index contributed by atoms with van der Waals surface area (Å²) in [5, 5.41) is 0. The van der Waals surface area contributed by atoms with Crippen molar-refractivity contribution in [1.29, 1.82) is 0 Å². The minimum atomic E-state index is -0.354. The first-order chi connectivity index (χ1) is 10.7. The smallest absolute Gasteiger partial charge is 0.341 e. The molecule has 0 N–H and O–H groups in total. The molecule has 0 saturated heterocycles. The molecular weight excluding hydrogens is 276 g/mol. The topological polar surface area (TPSA) is 35.5 Å². The SMILES string of the molecule is C#CCCCCCCCCc1ccc(OC)c(C(=O)OC)c1. The lowest BCUT2D eigenvalue weighted by atomic mass is 10.0. The first kappa shape index (κ1) is 18.1. The van der Waals surface area contributed by atoms with Crippen LogP contribution < -0.4 is 4.74 Å². The standard InChI is InChI=1S/C19H26O3/c1-4-5-6-7-8-9-10-11-12-16-13-14-18(21-2)17(15-16)19(20)22-3/h1,13-15H,5-12H2,2-3H3. The largest absolute Gasteiger partial charge is 0.496 e. The molecule has 0 spiro atoms. The molecule has 0 saturated carbocycles. The molecule has 0 aromatic heterocycles. The Balaban J connectivity index is 2.37. The van der Waals surface area contributed by atoms with E-state index < -0.39 is 0 Å². The van der Waals surface area contributed by atoms with Gasteiger partial charge in [0.2, 0.25) is 0 Å². The average Bonchev–Trinajstić information content (AvgIpc) is 2.56. The molecule has 0 unspecified atom stereocenters. The number of carbonyl (C=O) groups is 1. The van der Waals surface area contributed by atoms with Gasteiger partial charge < -0.3 is 9.47 Å². The van der Waals surface area contributed by atoms with Crippen molar-refractivity contribution < 1.29 is 14.3 Å². The molecule has 120 valence electrons. The van der Waals surface area contributed by atoms with Crippen LogP contribution in [0.3, 0.4) is 0 Å². The van der Waals surface area contributed by atoms with Crippen LogP contribution in [0.4, 0.5) is 0 Å². The molecule has 0 bridgehead atoms. The second kappa shape index (κ2) is 10.7. The lowest BCUT2D eigenvalue weighted by molar-refractivity contribution is 0.0597. The summed E-state index contributed by atoms with van der Waals surface area (Å²) in [5.41, 5.74) is 1.64. The van der Waals surface area contributed by atoms with E-state index in [1.807, 2.05) is 18.2 Å². The first-order valence-electron chi connectivity index (χ1n) is 7.91. The van der Waals surface area contributed by atoms with Crippen molar-refractivity contribution in [2.45, 2.75) is 51.4 Å². The number of methoxy groups -OCH3 is 2. The molecule has 0 aliphatic heterocycles. The maximum atomic E-state index is 11.7. The summed E-state index contributed by atoms with van der Waals surface area (Å²) in [4.78, 5) is 11.7. The molecule has 0 radical (unpaired) electrons. The van der Waals surface area contributed by atoms with Gasteiger partial charge in [-0.05, 0) is 37.0 Å². The van der Waals surface area contributed by atoms with E-state index in [1.54, 1.807) is 7.11 Å². The summed E-state index contributed by atoms with van der Waals surface area (Å²) in [6.07, 6.45) is 14.3. The number of unbranched alkanes of at least 4 members (excludes halogenated alkanes) is 6. The van der Waals surface area contributed by atoms with Crippen LogP contribution in [0.25, 0.3) is 0 Å². The van der Waals surface area contributed by atoms with E-state index in [4.69, 9.17) is 15.9 Å². The van der Waals surface area contributed by atoms with Crippen molar-refractivity contribution in [3.8, 4) is 18.1 Å². The molecule has 0 aliphatic rings. The highest BCUT2D eigenvalue weighted by atomic mass is 16.5. The van der Waals surface area contributed by atoms with Gasteiger partial charge in [-0.1, -0.05) is 31.7 Å². The second-order valence-electron chi connectivity index (χ2n) is 5.35. The number of carbonyl (C=O) groups excluding carboxylic acids is 1. The number of esters is 1. The van der Waals surface area contributed by atoms with Crippen LogP contribution in [-0.2, 0) is 11.2 Å². The number of aryl methyl sites for hydroxylation is 1. The maximum absolute atomic E-state index is 11.7. The average molecular weight is 302 g/mol. The Morgan fingerprint density at radius 3 is 2.41 bits per heavy atom. The molecule has 22 heavy (non-hydrogen) atoms. The van der Waals surface area contributed by atoms with Crippen LogP contribution in [0, 0.1) is 12.3 Å². The summed E-state index contributed by atoms with van der Waals surface area (Å²) in [5.74, 6) is 2.88. The zero-order valence-electron chi connectivity index (χ0n) is 13.7. The van der Waals surface area contributed by atoms with Crippen molar-refractivity contribution >= 4 is 5.97 Å². The van der Waals surface area contributed by atoms with E-state index in [0.717, 1.165) is 31.2 Å². The van der Waals surface area contributed by atoms with E-state index in [9.17, 15) is 4.79 Å². The highest BCUT2D eigenvalue weighted by Gasteiger charge is 2.13. The number of terminal acetylenes is 1. The van der Waals surface area contributed by atoms with E-state index in [1.165, 1.54) is 32.8 Å². The number of rotatable bonds is 10. The van der Waals surface area contributed by atoms with Gasteiger partial charge in [0, 0.05) is 6.42 Å². The van der Waals surface area contributed by atoms with Gasteiger partial charge >= 0.3 is 5.97 Å². The third-order valence-electron chi connectivity index (χ3n) is 3.71. The van der Waals surface area contributed by atoms with Gasteiger partial charge in [-0.25, -0.2) is 4.79 Å². The number of hydrogen-bond acceptors (Lipinski definition) is 3. The maximum Gasteiger partial charge on any atom is 0.341 e. The Hall–Kier alpha value is -1.95. The Kier molecular flexibility index (Phi) is 8.83. The monoisotopic (exact) mass is 302 g/mol. The van der Waals surface area contributed by atoms with Crippen LogP contribution in [0.5, 0.6) is 5.75 Å². The summed E-state index contributed by atoms with van der Waals surface area (Å²) in [6, 6.07) is 5.72. The fourth-order valence-electron chi connectivity index (χ4n) is 2.44. The third-order valence-corrected chi connectivity index (χ3v) is 3.71. The van der Waals surface area contributed by atoms with Crippen molar-refractivity contribution in [1.82, 2.24) is 0 Å². The predicted octanol–water partition coefficient (Wildman–Crippen LogP) is 4.39. The summed E-state index contributed by atoms with van der Waals surface area (Å²) < 4.78 is 9.99. The molecule has 0 amide bonds. The predicted molar refractivity (Wildman–Crippen MR) is 89.2 cm³/mol. The Morgan fingerprint density at radius 2 is 1.77 bits per heavy atom. The molecule has 0 fully saturated rings. The van der Waals surface area contributed by atoms with Crippen LogP contribution in [0.15, 0.2) is 18.2 Å². The molecule has 0 aliphatic carbocycles. The van der Waals surface area contributed by atoms with Crippen molar-refractivity contribution in [3.05, 3.63) is 29.3 Å². The Labute approximate surface area is 134 Å². The van der Waals surface area contributed by atoms with E-state index in [-0.39, 0.29) is 5.97 Å². The van der Waals surface area contributed by atoms with Crippen molar-refractivity contribution in [2.24, 2.45) is 0 Å².